The molecule has 1 saturated carbocycles. The van der Waals surface area contributed by atoms with Gasteiger partial charge < -0.3 is 16.0 Å². The Hall–Kier alpha value is -2.07. The van der Waals surface area contributed by atoms with Gasteiger partial charge in [0.25, 0.3) is 5.69 Å². The van der Waals surface area contributed by atoms with Gasteiger partial charge in [-0.15, -0.1) is 12.4 Å². The number of nitro groups is 1. The molecule has 1 aromatic carbocycles. The minimum Gasteiger partial charge on any atom is -0.378 e. The molecule has 2 aliphatic rings. The number of anilines is 1. The molecule has 3 N–H and O–H groups in total. The van der Waals surface area contributed by atoms with Crippen molar-refractivity contribution in [3.8, 4) is 0 Å². The van der Waals surface area contributed by atoms with Crippen molar-refractivity contribution < 1.29 is 22.9 Å². The van der Waals surface area contributed by atoms with Crippen LogP contribution in [0, 0.1) is 21.4 Å². The van der Waals surface area contributed by atoms with E-state index < -0.39 is 22.4 Å². The minimum atomic E-state index is -4.65. The number of hydrogen-bond donors (Lipinski definition) is 3. The molecule has 0 aromatic heterocycles. The molecule has 1 atom stereocenters. The molecular formula is C17H22ClF3N4O3. The molecule has 1 aromatic rings. The summed E-state index contributed by atoms with van der Waals surface area (Å²) >= 11 is 0. The number of alkyl halides is 3. The summed E-state index contributed by atoms with van der Waals surface area (Å²) in [6.07, 6.45) is -1.79. The van der Waals surface area contributed by atoms with Crippen molar-refractivity contribution in [1.82, 2.24) is 10.6 Å². The summed E-state index contributed by atoms with van der Waals surface area (Å²) in [4.78, 5) is 22.4. The van der Waals surface area contributed by atoms with Gasteiger partial charge in [-0.2, -0.15) is 13.2 Å². The summed E-state index contributed by atoms with van der Waals surface area (Å²) in [7, 11) is 0. The van der Waals surface area contributed by atoms with Gasteiger partial charge in [0, 0.05) is 25.1 Å². The molecular weight excluding hydrogens is 401 g/mol. The second-order valence-corrected chi connectivity index (χ2v) is 7.07. The van der Waals surface area contributed by atoms with Crippen molar-refractivity contribution >= 4 is 29.7 Å². The average molecular weight is 423 g/mol. The van der Waals surface area contributed by atoms with E-state index in [1.54, 1.807) is 0 Å². The number of nitrogens with one attached hydrogen (secondary N) is 3. The lowest BCUT2D eigenvalue weighted by atomic mass is 9.92. The Morgan fingerprint density at radius 2 is 1.96 bits per heavy atom. The minimum absolute atomic E-state index is 0. The zero-order valence-corrected chi connectivity index (χ0v) is 15.8. The molecule has 7 nitrogen and oxygen atoms in total. The van der Waals surface area contributed by atoms with E-state index in [1.165, 1.54) is 0 Å². The van der Waals surface area contributed by atoms with E-state index in [1.807, 2.05) is 0 Å². The van der Waals surface area contributed by atoms with Gasteiger partial charge in [-0.3, -0.25) is 14.9 Å². The fourth-order valence-electron chi connectivity index (χ4n) is 3.71. The van der Waals surface area contributed by atoms with E-state index in [4.69, 9.17) is 0 Å². The normalized spacial score (nSPS) is 20.2. The Morgan fingerprint density at radius 3 is 2.57 bits per heavy atom. The Morgan fingerprint density at radius 1 is 1.29 bits per heavy atom. The summed E-state index contributed by atoms with van der Waals surface area (Å²) in [5.41, 5.74) is -1.61. The molecule has 3 rings (SSSR count). The smallest absolute Gasteiger partial charge is 0.378 e. The Bertz CT molecular complexity index is 739. The van der Waals surface area contributed by atoms with Crippen molar-refractivity contribution in [3.63, 3.8) is 0 Å². The molecule has 156 valence electrons. The molecule has 1 saturated heterocycles. The van der Waals surface area contributed by atoms with Crippen molar-refractivity contribution in [1.29, 1.82) is 0 Å². The molecule has 1 heterocycles. The van der Waals surface area contributed by atoms with Crippen LogP contribution < -0.4 is 16.0 Å². The summed E-state index contributed by atoms with van der Waals surface area (Å²) in [6.45, 7) is 2.26. The molecule has 1 aliphatic heterocycles. The number of piperidine rings is 1. The SMILES string of the molecule is Cl.O=C(NCCNc1ccc(C(F)(F)F)cc1[N+](=O)[O-])C1CC12CCNCC2. The first-order valence-electron chi connectivity index (χ1n) is 8.81. The maximum Gasteiger partial charge on any atom is 0.416 e. The van der Waals surface area contributed by atoms with Crippen LogP contribution in [0.3, 0.4) is 0 Å². The van der Waals surface area contributed by atoms with E-state index in [0.29, 0.717) is 6.07 Å². The highest BCUT2D eigenvalue weighted by Crippen LogP contribution is 2.58. The maximum absolute atomic E-state index is 12.7. The van der Waals surface area contributed by atoms with Gasteiger partial charge in [0.05, 0.1) is 10.5 Å². The van der Waals surface area contributed by atoms with Crippen molar-refractivity contribution in [2.45, 2.75) is 25.4 Å². The van der Waals surface area contributed by atoms with Crippen molar-refractivity contribution in [3.05, 3.63) is 33.9 Å². The van der Waals surface area contributed by atoms with E-state index >= 15 is 0 Å². The number of rotatable bonds is 6. The number of hydrogen-bond acceptors (Lipinski definition) is 5. The van der Waals surface area contributed by atoms with Crippen LogP contribution in [-0.4, -0.2) is 37.0 Å². The third-order valence-corrected chi connectivity index (χ3v) is 5.37. The number of nitro benzene ring substituents is 1. The lowest BCUT2D eigenvalue weighted by Crippen LogP contribution is -2.35. The monoisotopic (exact) mass is 422 g/mol. The highest BCUT2D eigenvalue weighted by Gasteiger charge is 2.57. The predicted molar refractivity (Wildman–Crippen MR) is 99.5 cm³/mol. The van der Waals surface area contributed by atoms with E-state index in [9.17, 15) is 28.1 Å². The fourth-order valence-corrected chi connectivity index (χ4v) is 3.71. The van der Waals surface area contributed by atoms with Crippen LogP contribution >= 0.6 is 12.4 Å². The van der Waals surface area contributed by atoms with Gasteiger partial charge in [0.1, 0.15) is 5.69 Å². The molecule has 1 aliphatic carbocycles. The van der Waals surface area contributed by atoms with Crippen LogP contribution in [0.4, 0.5) is 24.5 Å². The number of halogens is 4. The molecule has 2 fully saturated rings. The Labute approximate surface area is 166 Å². The number of carbonyl (C=O) groups is 1. The third-order valence-electron chi connectivity index (χ3n) is 5.37. The number of amides is 1. The zero-order valence-electron chi connectivity index (χ0n) is 15.0. The van der Waals surface area contributed by atoms with Crippen LogP contribution in [0.2, 0.25) is 0 Å². The van der Waals surface area contributed by atoms with E-state index in [-0.39, 0.29) is 48.4 Å². The van der Waals surface area contributed by atoms with Gasteiger partial charge in [-0.1, -0.05) is 0 Å². The zero-order chi connectivity index (χ0) is 19.7. The van der Waals surface area contributed by atoms with Crippen LogP contribution in [0.15, 0.2) is 18.2 Å². The number of carbonyl (C=O) groups excluding carboxylic acids is 1. The second kappa shape index (κ2) is 8.52. The first-order valence-corrected chi connectivity index (χ1v) is 8.81. The Kier molecular flexibility index (Phi) is 6.76. The van der Waals surface area contributed by atoms with Gasteiger partial charge in [0.15, 0.2) is 0 Å². The highest BCUT2D eigenvalue weighted by molar-refractivity contribution is 5.85. The molecule has 1 unspecified atom stereocenters. The quantitative estimate of drug-likeness (QED) is 0.372. The van der Waals surface area contributed by atoms with Crippen LogP contribution in [0.25, 0.3) is 0 Å². The average Bonchev–Trinajstić information content (AvgIpc) is 3.31. The Balaban J connectivity index is 0.00000280. The highest BCUT2D eigenvalue weighted by atomic mass is 35.5. The van der Waals surface area contributed by atoms with Crippen molar-refractivity contribution in [2.75, 3.05) is 31.5 Å². The molecule has 11 heteroatoms. The van der Waals surface area contributed by atoms with Gasteiger partial charge >= 0.3 is 6.18 Å². The van der Waals surface area contributed by atoms with E-state index in [0.717, 1.165) is 44.5 Å². The van der Waals surface area contributed by atoms with Crippen LogP contribution in [0.5, 0.6) is 0 Å². The van der Waals surface area contributed by atoms with Crippen LogP contribution in [-0.2, 0) is 11.0 Å². The third kappa shape index (κ3) is 4.85. The predicted octanol–water partition coefficient (Wildman–Crippen LogP) is 2.95. The summed E-state index contributed by atoms with van der Waals surface area (Å²) in [5.74, 6) is -0.0133. The van der Waals surface area contributed by atoms with Crippen LogP contribution in [0.1, 0.15) is 24.8 Å². The van der Waals surface area contributed by atoms with Gasteiger partial charge in [0.2, 0.25) is 5.91 Å². The lowest BCUT2D eigenvalue weighted by Gasteiger charge is -2.23. The first kappa shape index (κ1) is 22.2. The topological polar surface area (TPSA) is 96.3 Å². The largest absolute Gasteiger partial charge is 0.416 e. The second-order valence-electron chi connectivity index (χ2n) is 7.07. The number of nitrogens with zero attached hydrogens (tertiary/aromatic N) is 1. The van der Waals surface area contributed by atoms with E-state index in [2.05, 4.69) is 16.0 Å². The van der Waals surface area contributed by atoms with Gasteiger partial charge in [-0.25, -0.2) is 0 Å². The number of benzene rings is 1. The molecule has 28 heavy (non-hydrogen) atoms. The molecule has 1 spiro atoms. The lowest BCUT2D eigenvalue weighted by molar-refractivity contribution is -0.384. The van der Waals surface area contributed by atoms with Gasteiger partial charge in [-0.05, 0) is 49.9 Å². The summed E-state index contributed by atoms with van der Waals surface area (Å²) in [6, 6.07) is 2.33. The summed E-state index contributed by atoms with van der Waals surface area (Å²) < 4.78 is 38.1. The van der Waals surface area contributed by atoms with Crippen molar-refractivity contribution in [2.24, 2.45) is 11.3 Å². The molecule has 0 radical (unpaired) electrons. The maximum atomic E-state index is 12.7. The standard InChI is InChI=1S/C17H21F3N4O3.ClH/c18-17(19,20)11-1-2-13(14(9-11)24(26)27)22-7-8-23-15(25)12-10-16(12)3-5-21-6-4-16;/h1-2,9,12,21-22H,3-8,10H2,(H,23,25);1H. The first-order chi connectivity index (χ1) is 12.7. The molecule has 1 amide bonds. The summed E-state index contributed by atoms with van der Waals surface area (Å²) in [5, 5.41) is 19.8. The fraction of sp³-hybridized carbons (Fsp3) is 0.588. The molecule has 0 bridgehead atoms.